The van der Waals surface area contributed by atoms with Crippen LogP contribution in [0, 0.1) is 6.92 Å². The van der Waals surface area contributed by atoms with Crippen molar-refractivity contribution < 1.29 is 13.2 Å². The molecule has 0 aliphatic carbocycles. The summed E-state index contributed by atoms with van der Waals surface area (Å²) >= 11 is 0. The highest BCUT2D eigenvalue weighted by Gasteiger charge is 2.50. The maximum Gasteiger partial charge on any atom is 0.221 e. The van der Waals surface area contributed by atoms with Gasteiger partial charge in [0, 0.05) is 37.3 Å². The van der Waals surface area contributed by atoms with Crippen molar-refractivity contribution in [2.75, 3.05) is 20.2 Å². The van der Waals surface area contributed by atoms with Crippen molar-refractivity contribution in [1.29, 1.82) is 0 Å². The number of fused-ring (bicyclic) bond motifs is 3. The molecule has 1 fully saturated rings. The number of likely N-dealkylation sites (tertiary alicyclic amines) is 1. The molecule has 0 radical (unpaired) electrons. The van der Waals surface area contributed by atoms with Crippen LogP contribution >= 0.6 is 0 Å². The highest BCUT2D eigenvalue weighted by atomic mass is 32.2. The molecular weight excluding hydrogens is 396 g/mol. The summed E-state index contributed by atoms with van der Waals surface area (Å²) in [5, 5.41) is -0.372. The number of rotatable bonds is 4. The maximum absolute atomic E-state index is 13.2. The molecule has 1 aromatic heterocycles. The summed E-state index contributed by atoms with van der Waals surface area (Å²) in [5.41, 5.74) is 5.18. The predicted octanol–water partition coefficient (Wildman–Crippen LogP) is 3.82. The summed E-state index contributed by atoms with van der Waals surface area (Å²) < 4.78 is 31.9. The molecule has 0 bridgehead atoms. The van der Waals surface area contributed by atoms with Crippen molar-refractivity contribution in [1.82, 2.24) is 9.88 Å². The Hall–Kier alpha value is -2.70. The quantitative estimate of drug-likeness (QED) is 0.642. The van der Waals surface area contributed by atoms with Gasteiger partial charge in [0.2, 0.25) is 5.88 Å². The minimum Gasteiger partial charge on any atom is -0.481 e. The zero-order valence-electron chi connectivity index (χ0n) is 17.1. The molecule has 1 saturated heterocycles. The average Bonchev–Trinajstić information content (AvgIpc) is 3.25. The van der Waals surface area contributed by atoms with Gasteiger partial charge in [0.1, 0.15) is 0 Å². The number of nitrogens with zero attached hydrogens (tertiary/aromatic N) is 2. The van der Waals surface area contributed by atoms with E-state index in [1.165, 1.54) is 11.1 Å². The third-order valence-electron chi connectivity index (χ3n) is 6.22. The number of sulfone groups is 1. The highest BCUT2D eigenvalue weighted by Crippen LogP contribution is 2.46. The van der Waals surface area contributed by atoms with E-state index in [4.69, 9.17) is 4.74 Å². The van der Waals surface area contributed by atoms with Gasteiger partial charge in [-0.3, -0.25) is 4.90 Å². The van der Waals surface area contributed by atoms with Crippen LogP contribution in [0.4, 0.5) is 0 Å². The third kappa shape index (κ3) is 3.11. The predicted molar refractivity (Wildman–Crippen MR) is 116 cm³/mol. The molecule has 0 amide bonds. The van der Waals surface area contributed by atoms with Crippen molar-refractivity contribution in [3.63, 3.8) is 0 Å². The normalized spacial score (nSPS) is 21.9. The van der Waals surface area contributed by atoms with E-state index in [9.17, 15) is 8.42 Å². The maximum atomic E-state index is 13.2. The molecule has 3 aromatic rings. The van der Waals surface area contributed by atoms with E-state index in [2.05, 4.69) is 41.1 Å². The largest absolute Gasteiger partial charge is 0.481 e. The fourth-order valence-corrected chi connectivity index (χ4v) is 7.06. The summed E-state index contributed by atoms with van der Waals surface area (Å²) in [7, 11) is -1.72. The Morgan fingerprint density at radius 2 is 1.97 bits per heavy atom. The first-order chi connectivity index (χ1) is 14.5. The number of aryl methyl sites for hydroxylation is 1. The molecule has 2 aromatic carbocycles. The van der Waals surface area contributed by atoms with Crippen LogP contribution in [0.3, 0.4) is 0 Å². The minimum atomic E-state index is -3.32. The van der Waals surface area contributed by atoms with Crippen LogP contribution in [0.1, 0.15) is 22.6 Å². The molecule has 3 heterocycles. The Morgan fingerprint density at radius 3 is 2.77 bits per heavy atom. The van der Waals surface area contributed by atoms with E-state index < -0.39 is 9.84 Å². The second kappa shape index (κ2) is 7.22. The van der Waals surface area contributed by atoms with Crippen molar-refractivity contribution in [3.05, 3.63) is 77.5 Å². The number of aromatic nitrogens is 1. The molecule has 2 unspecified atom stereocenters. The van der Waals surface area contributed by atoms with Gasteiger partial charge in [-0.1, -0.05) is 35.9 Å². The molecule has 2 aliphatic rings. The standard InChI is InChI=1S/C24H24N2O3S/c1-16-5-3-6-17(11-16)13-26-14-21-20-12-18(19-7-4-10-25-24(19)29-2)8-9-22(20)30(27,28)23(21)15-26/h3-12,21,23H,13-15H2,1-2H3. The van der Waals surface area contributed by atoms with E-state index in [0.717, 1.165) is 29.8 Å². The first-order valence-corrected chi connectivity index (χ1v) is 11.7. The fourth-order valence-electron chi connectivity index (χ4n) is 4.86. The topological polar surface area (TPSA) is 59.5 Å². The van der Waals surface area contributed by atoms with Gasteiger partial charge < -0.3 is 4.74 Å². The first kappa shape index (κ1) is 19.3. The van der Waals surface area contributed by atoms with E-state index in [1.54, 1.807) is 19.4 Å². The molecule has 6 heteroatoms. The molecule has 5 rings (SSSR count). The molecule has 2 aliphatic heterocycles. The molecule has 30 heavy (non-hydrogen) atoms. The highest BCUT2D eigenvalue weighted by molar-refractivity contribution is 7.92. The lowest BCUT2D eigenvalue weighted by Gasteiger charge is -2.18. The van der Waals surface area contributed by atoms with E-state index >= 15 is 0 Å². The second-order valence-electron chi connectivity index (χ2n) is 8.19. The van der Waals surface area contributed by atoms with Crippen molar-refractivity contribution in [2.24, 2.45) is 0 Å². The number of ether oxygens (including phenoxy) is 1. The van der Waals surface area contributed by atoms with Crippen molar-refractivity contribution in [3.8, 4) is 17.0 Å². The molecular formula is C24H24N2O3S. The number of hydrogen-bond donors (Lipinski definition) is 0. The average molecular weight is 421 g/mol. The monoisotopic (exact) mass is 420 g/mol. The first-order valence-electron chi connectivity index (χ1n) is 10.1. The fraction of sp³-hybridized carbons (Fsp3) is 0.292. The summed E-state index contributed by atoms with van der Waals surface area (Å²) in [6.07, 6.45) is 1.69. The van der Waals surface area contributed by atoms with Crippen LogP contribution in [-0.2, 0) is 16.4 Å². The molecule has 5 nitrogen and oxygen atoms in total. The van der Waals surface area contributed by atoms with E-state index in [-0.39, 0.29) is 11.2 Å². The van der Waals surface area contributed by atoms with Crippen LogP contribution in [0.15, 0.2) is 65.7 Å². The van der Waals surface area contributed by atoms with Crippen LogP contribution in [0.5, 0.6) is 5.88 Å². The number of methoxy groups -OCH3 is 1. The van der Waals surface area contributed by atoms with Crippen LogP contribution < -0.4 is 4.74 Å². The molecule has 154 valence electrons. The molecule has 2 atom stereocenters. The molecule has 0 spiro atoms. The third-order valence-corrected chi connectivity index (χ3v) is 8.48. The van der Waals surface area contributed by atoms with Gasteiger partial charge in [-0.15, -0.1) is 0 Å². The zero-order chi connectivity index (χ0) is 20.9. The molecule has 0 N–H and O–H groups in total. The van der Waals surface area contributed by atoms with Gasteiger partial charge >= 0.3 is 0 Å². The SMILES string of the molecule is COc1ncccc1-c1ccc2c(c1)C1CN(Cc3cccc(C)c3)CC1S2(=O)=O. The van der Waals surface area contributed by atoms with Crippen molar-refractivity contribution in [2.45, 2.75) is 29.5 Å². The van der Waals surface area contributed by atoms with Gasteiger partial charge in [-0.2, -0.15) is 0 Å². The van der Waals surface area contributed by atoms with Gasteiger partial charge in [-0.25, -0.2) is 13.4 Å². The Morgan fingerprint density at radius 1 is 1.10 bits per heavy atom. The lowest BCUT2D eigenvalue weighted by Crippen LogP contribution is -2.25. The number of pyridine rings is 1. The van der Waals surface area contributed by atoms with Crippen LogP contribution in [0.2, 0.25) is 0 Å². The Bertz CT molecular complexity index is 1220. The summed E-state index contributed by atoms with van der Waals surface area (Å²) in [6.45, 7) is 4.17. The Kier molecular flexibility index (Phi) is 4.64. The lowest BCUT2D eigenvalue weighted by molar-refractivity contribution is 0.325. The van der Waals surface area contributed by atoms with Gasteiger partial charge in [-0.05, 0) is 47.9 Å². The summed E-state index contributed by atoms with van der Waals surface area (Å²) in [4.78, 5) is 7.03. The lowest BCUT2D eigenvalue weighted by atomic mass is 9.95. The van der Waals surface area contributed by atoms with Crippen LogP contribution in [-0.4, -0.2) is 43.8 Å². The molecule has 0 saturated carbocycles. The zero-order valence-corrected chi connectivity index (χ0v) is 17.9. The Balaban J connectivity index is 1.49. The Labute approximate surface area is 177 Å². The number of benzene rings is 2. The smallest absolute Gasteiger partial charge is 0.221 e. The summed E-state index contributed by atoms with van der Waals surface area (Å²) in [6, 6.07) is 17.9. The van der Waals surface area contributed by atoms with Gasteiger partial charge in [0.05, 0.1) is 17.3 Å². The van der Waals surface area contributed by atoms with E-state index in [0.29, 0.717) is 17.3 Å². The number of hydrogen-bond acceptors (Lipinski definition) is 5. The minimum absolute atomic E-state index is 0.00238. The second-order valence-corrected chi connectivity index (χ2v) is 10.3. The van der Waals surface area contributed by atoms with Gasteiger partial charge in [0.15, 0.2) is 9.84 Å². The van der Waals surface area contributed by atoms with Gasteiger partial charge in [0.25, 0.3) is 0 Å². The summed E-state index contributed by atoms with van der Waals surface area (Å²) in [5.74, 6) is 0.541. The van der Waals surface area contributed by atoms with Crippen LogP contribution in [0.25, 0.3) is 11.1 Å². The van der Waals surface area contributed by atoms with E-state index in [1.807, 2.05) is 24.3 Å². The van der Waals surface area contributed by atoms with Crippen molar-refractivity contribution >= 4 is 9.84 Å².